The molecule has 1 aliphatic rings. The predicted octanol–water partition coefficient (Wildman–Crippen LogP) is 2.44. The van der Waals surface area contributed by atoms with Gasteiger partial charge in [0.25, 0.3) is 0 Å². The van der Waals surface area contributed by atoms with Gasteiger partial charge in [0.05, 0.1) is 12.4 Å². The van der Waals surface area contributed by atoms with Crippen molar-refractivity contribution in [1.29, 1.82) is 0 Å². The maximum absolute atomic E-state index is 5.59. The lowest BCUT2D eigenvalue weighted by Crippen LogP contribution is -2.26. The lowest BCUT2D eigenvalue weighted by Gasteiger charge is -2.28. The fourth-order valence-electron chi connectivity index (χ4n) is 2.37. The molecule has 0 saturated heterocycles. The van der Waals surface area contributed by atoms with Crippen molar-refractivity contribution in [3.05, 3.63) is 12.4 Å². The van der Waals surface area contributed by atoms with Gasteiger partial charge >= 0.3 is 0 Å². The lowest BCUT2D eigenvalue weighted by atomic mass is 9.84. The van der Waals surface area contributed by atoms with Crippen LogP contribution in [0.2, 0.25) is 0 Å². The highest BCUT2D eigenvalue weighted by Crippen LogP contribution is 2.27. The molecular weight excluding hydrogens is 200 g/mol. The monoisotopic (exact) mass is 220 g/mol. The van der Waals surface area contributed by atoms with E-state index in [0.29, 0.717) is 11.9 Å². The largest absolute Gasteiger partial charge is 0.382 e. The molecule has 3 N–H and O–H groups in total. The Balaban J connectivity index is 1.87. The summed E-state index contributed by atoms with van der Waals surface area (Å²) in [7, 11) is 0. The highest BCUT2D eigenvalue weighted by Gasteiger charge is 2.19. The van der Waals surface area contributed by atoms with Crippen LogP contribution in [0.4, 0.5) is 11.6 Å². The highest BCUT2D eigenvalue weighted by atomic mass is 15.1. The summed E-state index contributed by atoms with van der Waals surface area (Å²) >= 11 is 0. The summed E-state index contributed by atoms with van der Waals surface area (Å²) in [6.45, 7) is 2.28. The van der Waals surface area contributed by atoms with E-state index in [1.54, 1.807) is 12.4 Å². The van der Waals surface area contributed by atoms with Crippen LogP contribution < -0.4 is 11.1 Å². The van der Waals surface area contributed by atoms with E-state index in [-0.39, 0.29) is 0 Å². The lowest BCUT2D eigenvalue weighted by molar-refractivity contribution is 0.330. The summed E-state index contributed by atoms with van der Waals surface area (Å²) in [5.41, 5.74) is 5.59. The van der Waals surface area contributed by atoms with E-state index in [1.165, 1.54) is 32.1 Å². The molecule has 88 valence electrons. The molecule has 2 rings (SSSR count). The van der Waals surface area contributed by atoms with Gasteiger partial charge in [0.15, 0.2) is 0 Å². The van der Waals surface area contributed by atoms with Crippen LogP contribution >= 0.6 is 0 Å². The molecule has 0 spiro atoms. The molecule has 1 aliphatic carbocycles. The molecule has 0 amide bonds. The minimum atomic E-state index is 0.479. The van der Waals surface area contributed by atoms with Crippen LogP contribution in [0.25, 0.3) is 0 Å². The predicted molar refractivity (Wildman–Crippen MR) is 66.1 cm³/mol. The number of anilines is 2. The van der Waals surface area contributed by atoms with Gasteiger partial charge in [-0.1, -0.05) is 13.3 Å². The SMILES string of the molecule is CCC1CCC(Nc2cncc(N)n2)CC1. The van der Waals surface area contributed by atoms with Gasteiger partial charge in [0, 0.05) is 6.04 Å². The molecule has 16 heavy (non-hydrogen) atoms. The Morgan fingerprint density at radius 1 is 1.31 bits per heavy atom. The molecule has 1 aromatic heterocycles. The second-order valence-electron chi connectivity index (χ2n) is 4.60. The first-order valence-electron chi connectivity index (χ1n) is 6.12. The number of nitrogens with zero attached hydrogens (tertiary/aromatic N) is 2. The number of hydrogen-bond acceptors (Lipinski definition) is 4. The summed E-state index contributed by atoms with van der Waals surface area (Å²) in [4.78, 5) is 8.24. The smallest absolute Gasteiger partial charge is 0.147 e. The van der Waals surface area contributed by atoms with Crippen LogP contribution in [0.3, 0.4) is 0 Å². The molecule has 0 radical (unpaired) electrons. The second-order valence-corrected chi connectivity index (χ2v) is 4.60. The Labute approximate surface area is 96.7 Å². The quantitative estimate of drug-likeness (QED) is 0.821. The van der Waals surface area contributed by atoms with Crippen molar-refractivity contribution in [1.82, 2.24) is 9.97 Å². The zero-order chi connectivity index (χ0) is 11.4. The van der Waals surface area contributed by atoms with E-state index >= 15 is 0 Å². The van der Waals surface area contributed by atoms with E-state index in [0.717, 1.165) is 11.7 Å². The topological polar surface area (TPSA) is 63.8 Å². The maximum atomic E-state index is 5.59. The van der Waals surface area contributed by atoms with E-state index in [2.05, 4.69) is 22.2 Å². The average Bonchev–Trinajstić information content (AvgIpc) is 2.30. The molecule has 1 saturated carbocycles. The van der Waals surface area contributed by atoms with Gasteiger partial charge in [-0.3, -0.25) is 4.98 Å². The number of rotatable bonds is 3. The van der Waals surface area contributed by atoms with E-state index in [4.69, 9.17) is 5.73 Å². The molecule has 4 nitrogen and oxygen atoms in total. The second kappa shape index (κ2) is 5.14. The molecule has 0 aromatic carbocycles. The number of nitrogen functional groups attached to an aromatic ring is 1. The standard InChI is InChI=1S/C12H20N4/c1-2-9-3-5-10(6-4-9)15-12-8-14-7-11(13)16-12/h7-10H,2-6H2,1H3,(H3,13,15,16). The van der Waals surface area contributed by atoms with Gasteiger partial charge in [-0.15, -0.1) is 0 Å². The molecule has 0 atom stereocenters. The van der Waals surface area contributed by atoms with E-state index in [1.807, 2.05) is 0 Å². The summed E-state index contributed by atoms with van der Waals surface area (Å²) < 4.78 is 0. The van der Waals surface area contributed by atoms with Crippen LogP contribution in [0.15, 0.2) is 12.4 Å². The minimum absolute atomic E-state index is 0.479. The number of aromatic nitrogens is 2. The molecule has 0 aliphatic heterocycles. The molecule has 0 unspecified atom stereocenters. The molecule has 1 fully saturated rings. The van der Waals surface area contributed by atoms with Crippen molar-refractivity contribution in [3.8, 4) is 0 Å². The zero-order valence-corrected chi connectivity index (χ0v) is 9.82. The van der Waals surface area contributed by atoms with Crippen LogP contribution in [-0.4, -0.2) is 16.0 Å². The van der Waals surface area contributed by atoms with E-state index < -0.39 is 0 Å². The first-order chi connectivity index (χ1) is 7.78. The number of nitrogens with two attached hydrogens (primary N) is 1. The molecule has 4 heteroatoms. The van der Waals surface area contributed by atoms with Crippen molar-refractivity contribution in [2.45, 2.75) is 45.1 Å². The third-order valence-electron chi connectivity index (χ3n) is 3.43. The van der Waals surface area contributed by atoms with Crippen molar-refractivity contribution < 1.29 is 0 Å². The first-order valence-corrected chi connectivity index (χ1v) is 6.12. The fraction of sp³-hybridized carbons (Fsp3) is 0.667. The van der Waals surface area contributed by atoms with Crippen LogP contribution in [0, 0.1) is 5.92 Å². The Morgan fingerprint density at radius 2 is 2.06 bits per heavy atom. The average molecular weight is 220 g/mol. The summed E-state index contributed by atoms with van der Waals surface area (Å²) in [6, 6.07) is 0.541. The summed E-state index contributed by atoms with van der Waals surface area (Å²) in [5.74, 6) is 2.21. The van der Waals surface area contributed by atoms with E-state index in [9.17, 15) is 0 Å². The molecule has 1 aromatic rings. The van der Waals surface area contributed by atoms with Crippen molar-refractivity contribution in [2.24, 2.45) is 5.92 Å². The van der Waals surface area contributed by atoms with Crippen molar-refractivity contribution in [2.75, 3.05) is 11.1 Å². The summed E-state index contributed by atoms with van der Waals surface area (Å²) in [5, 5.41) is 3.41. The number of hydrogen-bond donors (Lipinski definition) is 2. The van der Waals surface area contributed by atoms with Gasteiger partial charge < -0.3 is 11.1 Å². The Kier molecular flexibility index (Phi) is 3.59. The minimum Gasteiger partial charge on any atom is -0.382 e. The normalized spacial score (nSPS) is 25.3. The van der Waals surface area contributed by atoms with Crippen LogP contribution in [-0.2, 0) is 0 Å². The van der Waals surface area contributed by atoms with Crippen molar-refractivity contribution in [3.63, 3.8) is 0 Å². The van der Waals surface area contributed by atoms with Crippen molar-refractivity contribution >= 4 is 11.6 Å². The Bertz CT molecular complexity index is 332. The van der Waals surface area contributed by atoms with Gasteiger partial charge in [0.2, 0.25) is 0 Å². The fourth-order valence-corrected chi connectivity index (χ4v) is 2.37. The Morgan fingerprint density at radius 3 is 2.69 bits per heavy atom. The first kappa shape index (κ1) is 11.2. The highest BCUT2D eigenvalue weighted by molar-refractivity contribution is 5.39. The Hall–Kier alpha value is -1.32. The van der Waals surface area contributed by atoms with Gasteiger partial charge in [0.1, 0.15) is 11.6 Å². The van der Waals surface area contributed by atoms with Crippen LogP contribution in [0.1, 0.15) is 39.0 Å². The van der Waals surface area contributed by atoms with Gasteiger partial charge in [-0.05, 0) is 31.6 Å². The van der Waals surface area contributed by atoms with Gasteiger partial charge in [-0.2, -0.15) is 0 Å². The summed E-state index contributed by atoms with van der Waals surface area (Å²) in [6.07, 6.45) is 9.73. The number of nitrogens with one attached hydrogen (secondary N) is 1. The molecule has 0 bridgehead atoms. The molecule has 1 heterocycles. The van der Waals surface area contributed by atoms with Crippen LogP contribution in [0.5, 0.6) is 0 Å². The molecular formula is C12H20N4. The third-order valence-corrected chi connectivity index (χ3v) is 3.43. The van der Waals surface area contributed by atoms with Gasteiger partial charge in [-0.25, -0.2) is 4.98 Å². The zero-order valence-electron chi connectivity index (χ0n) is 9.82. The maximum Gasteiger partial charge on any atom is 0.147 e. The third kappa shape index (κ3) is 2.84.